The fraction of sp³-hybridized carbons (Fsp3) is 0.200. The van der Waals surface area contributed by atoms with Gasteiger partial charge in [0.15, 0.2) is 0 Å². The number of rotatable bonds is 6. The second kappa shape index (κ2) is 7.75. The van der Waals surface area contributed by atoms with Crippen molar-refractivity contribution in [3.05, 3.63) is 77.4 Å². The lowest BCUT2D eigenvalue weighted by molar-refractivity contribution is 0.627. The first-order valence-corrected chi connectivity index (χ1v) is 8.25. The predicted octanol–water partition coefficient (Wildman–Crippen LogP) is 4.63. The third kappa shape index (κ3) is 4.76. The molecule has 5 heteroatoms. The molecule has 25 heavy (non-hydrogen) atoms. The first kappa shape index (κ1) is 16.9. The first-order chi connectivity index (χ1) is 12.1. The minimum absolute atomic E-state index is 0.213. The van der Waals surface area contributed by atoms with Crippen LogP contribution in [0.2, 0.25) is 0 Å². The van der Waals surface area contributed by atoms with Crippen LogP contribution in [0.4, 0.5) is 21.7 Å². The van der Waals surface area contributed by atoms with Gasteiger partial charge >= 0.3 is 0 Å². The van der Waals surface area contributed by atoms with E-state index < -0.39 is 0 Å². The van der Waals surface area contributed by atoms with Gasteiger partial charge in [0.05, 0.1) is 0 Å². The second-order valence-electron chi connectivity index (χ2n) is 6.04. The maximum absolute atomic E-state index is 12.9. The topological polar surface area (TPSA) is 49.8 Å². The molecule has 0 aliphatic rings. The van der Waals surface area contributed by atoms with Crippen molar-refractivity contribution >= 4 is 17.3 Å². The van der Waals surface area contributed by atoms with Crippen molar-refractivity contribution < 1.29 is 4.39 Å². The minimum Gasteiger partial charge on any atom is -0.370 e. The van der Waals surface area contributed by atoms with Crippen LogP contribution in [0.25, 0.3) is 0 Å². The maximum atomic E-state index is 12.9. The van der Waals surface area contributed by atoms with E-state index in [2.05, 4.69) is 52.6 Å². The van der Waals surface area contributed by atoms with Gasteiger partial charge in [-0.05, 0) is 49.6 Å². The van der Waals surface area contributed by atoms with Gasteiger partial charge < -0.3 is 10.6 Å². The first-order valence-electron chi connectivity index (χ1n) is 8.25. The normalized spacial score (nSPS) is 10.5. The summed E-state index contributed by atoms with van der Waals surface area (Å²) in [5, 5.41) is 6.59. The van der Waals surface area contributed by atoms with Gasteiger partial charge in [0.2, 0.25) is 0 Å². The third-order valence-electron chi connectivity index (χ3n) is 3.94. The molecule has 0 aliphatic carbocycles. The van der Waals surface area contributed by atoms with Gasteiger partial charge in [0.1, 0.15) is 23.8 Å². The molecule has 128 valence electrons. The highest BCUT2D eigenvalue weighted by Crippen LogP contribution is 2.21. The summed E-state index contributed by atoms with van der Waals surface area (Å²) in [5.74, 6) is 1.28. The molecule has 4 nitrogen and oxygen atoms in total. The largest absolute Gasteiger partial charge is 0.370 e. The van der Waals surface area contributed by atoms with Crippen molar-refractivity contribution in [1.29, 1.82) is 0 Å². The summed E-state index contributed by atoms with van der Waals surface area (Å²) in [6.45, 7) is 4.86. The molecule has 0 radical (unpaired) electrons. The fourth-order valence-electron chi connectivity index (χ4n) is 2.60. The Labute approximate surface area is 147 Å². The average molecular weight is 336 g/mol. The van der Waals surface area contributed by atoms with Gasteiger partial charge in [-0.1, -0.05) is 29.8 Å². The molecular weight excluding hydrogens is 315 g/mol. The van der Waals surface area contributed by atoms with Crippen LogP contribution in [0, 0.1) is 19.7 Å². The van der Waals surface area contributed by atoms with Crippen LogP contribution in [0.1, 0.15) is 16.7 Å². The van der Waals surface area contributed by atoms with Crippen LogP contribution >= 0.6 is 0 Å². The summed E-state index contributed by atoms with van der Waals surface area (Å²) >= 11 is 0. The molecule has 0 amide bonds. The number of hydrogen-bond acceptors (Lipinski definition) is 4. The van der Waals surface area contributed by atoms with Crippen molar-refractivity contribution in [3.63, 3.8) is 0 Å². The molecule has 0 unspecified atom stereocenters. The molecule has 2 N–H and O–H groups in total. The van der Waals surface area contributed by atoms with Crippen LogP contribution < -0.4 is 10.6 Å². The van der Waals surface area contributed by atoms with Crippen molar-refractivity contribution in [2.24, 2.45) is 0 Å². The number of anilines is 3. The molecule has 3 aromatic rings. The van der Waals surface area contributed by atoms with Gasteiger partial charge in [0.25, 0.3) is 0 Å². The van der Waals surface area contributed by atoms with Gasteiger partial charge in [-0.3, -0.25) is 0 Å². The average Bonchev–Trinajstić information content (AvgIpc) is 2.60. The van der Waals surface area contributed by atoms with Crippen LogP contribution in [0.15, 0.2) is 54.9 Å². The molecule has 0 spiro atoms. The molecule has 3 rings (SSSR count). The highest BCUT2D eigenvalue weighted by molar-refractivity contribution is 5.62. The summed E-state index contributed by atoms with van der Waals surface area (Å²) in [7, 11) is 0. The number of aromatic nitrogens is 2. The highest BCUT2D eigenvalue weighted by atomic mass is 19.1. The zero-order valence-electron chi connectivity index (χ0n) is 14.4. The zero-order chi connectivity index (χ0) is 17.6. The van der Waals surface area contributed by atoms with E-state index >= 15 is 0 Å². The Morgan fingerprint density at radius 3 is 2.44 bits per heavy atom. The summed E-state index contributed by atoms with van der Waals surface area (Å²) in [4.78, 5) is 8.51. The zero-order valence-corrected chi connectivity index (χ0v) is 14.4. The number of nitrogens with zero attached hydrogens (tertiary/aromatic N) is 2. The highest BCUT2D eigenvalue weighted by Gasteiger charge is 2.03. The number of benzene rings is 2. The van der Waals surface area contributed by atoms with Crippen molar-refractivity contribution in [2.75, 3.05) is 17.2 Å². The van der Waals surface area contributed by atoms with Gasteiger partial charge in [-0.25, -0.2) is 14.4 Å². The molecule has 0 bridgehead atoms. The Bertz CT molecular complexity index is 847. The van der Waals surface area contributed by atoms with Crippen LogP contribution in [0.5, 0.6) is 0 Å². The van der Waals surface area contributed by atoms with Crippen molar-refractivity contribution in [1.82, 2.24) is 9.97 Å². The SMILES string of the molecule is Cc1ccc(Nc2cc(NCCc3ccc(F)cc3)ncn2)c(C)c1. The van der Waals surface area contributed by atoms with E-state index in [0.717, 1.165) is 29.3 Å². The molecule has 1 aromatic heterocycles. The van der Waals surface area contributed by atoms with E-state index in [0.29, 0.717) is 6.54 Å². The fourth-order valence-corrected chi connectivity index (χ4v) is 2.60. The van der Waals surface area contributed by atoms with E-state index in [1.54, 1.807) is 12.1 Å². The van der Waals surface area contributed by atoms with Crippen molar-refractivity contribution in [2.45, 2.75) is 20.3 Å². The number of nitrogens with one attached hydrogen (secondary N) is 2. The number of hydrogen-bond donors (Lipinski definition) is 2. The Morgan fingerprint density at radius 1 is 0.920 bits per heavy atom. The summed E-state index contributed by atoms with van der Waals surface area (Å²) in [6, 6.07) is 14.7. The smallest absolute Gasteiger partial charge is 0.135 e. The quantitative estimate of drug-likeness (QED) is 0.689. The Morgan fingerprint density at radius 2 is 1.68 bits per heavy atom. The molecule has 0 fully saturated rings. The monoisotopic (exact) mass is 336 g/mol. The Balaban J connectivity index is 1.60. The van der Waals surface area contributed by atoms with Crippen LogP contribution in [-0.2, 0) is 6.42 Å². The van der Waals surface area contributed by atoms with Gasteiger partial charge in [-0.2, -0.15) is 0 Å². The van der Waals surface area contributed by atoms with Gasteiger partial charge in [-0.15, -0.1) is 0 Å². The Kier molecular flexibility index (Phi) is 5.23. The molecule has 0 aliphatic heterocycles. The molecule has 2 aromatic carbocycles. The summed E-state index contributed by atoms with van der Waals surface area (Å²) < 4.78 is 12.9. The van der Waals surface area contributed by atoms with Crippen LogP contribution in [-0.4, -0.2) is 16.5 Å². The van der Waals surface area contributed by atoms with E-state index in [4.69, 9.17) is 0 Å². The van der Waals surface area contributed by atoms with E-state index in [1.807, 2.05) is 6.07 Å². The lowest BCUT2D eigenvalue weighted by Crippen LogP contribution is -2.07. The third-order valence-corrected chi connectivity index (χ3v) is 3.94. The lowest BCUT2D eigenvalue weighted by atomic mass is 10.1. The lowest BCUT2D eigenvalue weighted by Gasteiger charge is -2.11. The van der Waals surface area contributed by atoms with Crippen LogP contribution in [0.3, 0.4) is 0 Å². The molecule has 0 saturated heterocycles. The molecular formula is C20H21FN4. The second-order valence-corrected chi connectivity index (χ2v) is 6.04. The van der Waals surface area contributed by atoms with E-state index in [9.17, 15) is 4.39 Å². The summed E-state index contributed by atoms with van der Waals surface area (Å²) in [5.41, 5.74) is 4.51. The number of aryl methyl sites for hydroxylation is 2. The molecule has 1 heterocycles. The predicted molar refractivity (Wildman–Crippen MR) is 99.8 cm³/mol. The maximum Gasteiger partial charge on any atom is 0.135 e. The minimum atomic E-state index is -0.213. The van der Waals surface area contributed by atoms with E-state index in [1.165, 1.54) is 29.6 Å². The Hall–Kier alpha value is -2.95. The molecule has 0 saturated carbocycles. The standard InChI is InChI=1S/C20H21FN4/c1-14-3-8-18(15(2)11-14)25-20-12-19(23-13-24-20)22-10-9-16-4-6-17(21)7-5-16/h3-8,11-13H,9-10H2,1-2H3,(H2,22,23,24,25). The summed E-state index contributed by atoms with van der Waals surface area (Å²) in [6.07, 6.45) is 2.33. The van der Waals surface area contributed by atoms with Gasteiger partial charge in [0, 0.05) is 18.3 Å². The van der Waals surface area contributed by atoms with Crippen molar-refractivity contribution in [3.8, 4) is 0 Å². The number of halogens is 1. The molecule has 0 atom stereocenters. The van der Waals surface area contributed by atoms with E-state index in [-0.39, 0.29) is 5.82 Å².